The summed E-state index contributed by atoms with van der Waals surface area (Å²) in [5.74, 6) is 0.156. The minimum Gasteiger partial charge on any atom is -0.465 e. The van der Waals surface area contributed by atoms with Crippen molar-refractivity contribution < 1.29 is 19.8 Å². The summed E-state index contributed by atoms with van der Waals surface area (Å²) in [6, 6.07) is -0.209. The highest BCUT2D eigenvalue weighted by molar-refractivity contribution is 5.65. The van der Waals surface area contributed by atoms with Gasteiger partial charge in [0.15, 0.2) is 0 Å². The lowest BCUT2D eigenvalue weighted by atomic mass is 9.75. The summed E-state index contributed by atoms with van der Waals surface area (Å²) >= 11 is 0. The number of carboxylic acid groups (broad SMARTS) is 2. The zero-order valence-corrected chi connectivity index (χ0v) is 13.3. The molecule has 0 bridgehead atoms. The van der Waals surface area contributed by atoms with Crippen LogP contribution in [0.3, 0.4) is 0 Å². The third-order valence-corrected chi connectivity index (χ3v) is 3.71. The van der Waals surface area contributed by atoms with Gasteiger partial charge in [0, 0.05) is 12.6 Å². The summed E-state index contributed by atoms with van der Waals surface area (Å²) in [7, 11) is 0. The van der Waals surface area contributed by atoms with Crippen molar-refractivity contribution >= 4 is 12.2 Å². The van der Waals surface area contributed by atoms with Gasteiger partial charge < -0.3 is 26.6 Å². The number of hydrogen-bond acceptors (Lipinski definition) is 3. The van der Waals surface area contributed by atoms with Gasteiger partial charge in [-0.2, -0.15) is 0 Å². The van der Waals surface area contributed by atoms with E-state index in [1.807, 2.05) is 27.7 Å². The standard InChI is InChI=1S/C14H29N3O4/c1-9(2)11(17-13(20)21)10(8-15)7-14(3,4)5-6-16-12(18)19/h9-11,16-17H,5-8,15H2,1-4H3,(H,18,19)(H,20,21)/t10?,11-/m1/s1. The summed E-state index contributed by atoms with van der Waals surface area (Å²) in [6.45, 7) is 8.76. The van der Waals surface area contributed by atoms with Crippen molar-refractivity contribution in [3.05, 3.63) is 0 Å². The molecule has 0 rings (SSSR count). The monoisotopic (exact) mass is 303 g/mol. The molecule has 21 heavy (non-hydrogen) atoms. The molecule has 1 unspecified atom stereocenters. The molecule has 0 aliphatic rings. The molecule has 124 valence electrons. The van der Waals surface area contributed by atoms with Gasteiger partial charge in [0.1, 0.15) is 0 Å². The first-order valence-electron chi connectivity index (χ1n) is 7.25. The summed E-state index contributed by atoms with van der Waals surface area (Å²) < 4.78 is 0. The van der Waals surface area contributed by atoms with Gasteiger partial charge in [-0.25, -0.2) is 9.59 Å². The minimum atomic E-state index is -1.04. The number of nitrogens with two attached hydrogens (primary N) is 1. The maximum absolute atomic E-state index is 10.9. The van der Waals surface area contributed by atoms with Crippen molar-refractivity contribution in [3.8, 4) is 0 Å². The van der Waals surface area contributed by atoms with Crippen molar-refractivity contribution in [2.75, 3.05) is 13.1 Å². The Balaban J connectivity index is 4.68. The van der Waals surface area contributed by atoms with Crippen LogP contribution in [0.1, 0.15) is 40.5 Å². The smallest absolute Gasteiger partial charge is 0.404 e. The van der Waals surface area contributed by atoms with Gasteiger partial charge >= 0.3 is 12.2 Å². The molecule has 0 saturated heterocycles. The molecule has 0 aliphatic heterocycles. The van der Waals surface area contributed by atoms with E-state index in [1.165, 1.54) is 0 Å². The number of nitrogens with one attached hydrogen (secondary N) is 2. The highest BCUT2D eigenvalue weighted by Gasteiger charge is 2.30. The lowest BCUT2D eigenvalue weighted by Crippen LogP contribution is -2.47. The Labute approximate surface area is 126 Å². The van der Waals surface area contributed by atoms with Gasteiger partial charge in [0.2, 0.25) is 0 Å². The lowest BCUT2D eigenvalue weighted by Gasteiger charge is -2.35. The van der Waals surface area contributed by atoms with Crippen LogP contribution >= 0.6 is 0 Å². The molecule has 2 atom stereocenters. The molecule has 0 heterocycles. The predicted octanol–water partition coefficient (Wildman–Crippen LogP) is 1.93. The highest BCUT2D eigenvalue weighted by atomic mass is 16.4. The molecule has 0 aromatic carbocycles. The second-order valence-electron chi connectivity index (χ2n) is 6.57. The van der Waals surface area contributed by atoms with Gasteiger partial charge in [-0.3, -0.25) is 0 Å². The molecule has 0 aliphatic carbocycles. The molecule has 0 radical (unpaired) electrons. The van der Waals surface area contributed by atoms with Crippen molar-refractivity contribution in [3.63, 3.8) is 0 Å². The van der Waals surface area contributed by atoms with Crippen molar-refractivity contribution in [2.45, 2.75) is 46.6 Å². The zero-order chi connectivity index (χ0) is 16.6. The Morgan fingerprint density at radius 1 is 1.19 bits per heavy atom. The van der Waals surface area contributed by atoms with E-state index in [0.717, 1.165) is 6.42 Å². The Morgan fingerprint density at radius 2 is 1.76 bits per heavy atom. The fraction of sp³-hybridized carbons (Fsp3) is 0.857. The van der Waals surface area contributed by atoms with E-state index in [4.69, 9.17) is 15.9 Å². The van der Waals surface area contributed by atoms with Crippen LogP contribution in [0.15, 0.2) is 0 Å². The van der Waals surface area contributed by atoms with E-state index in [2.05, 4.69) is 10.6 Å². The zero-order valence-electron chi connectivity index (χ0n) is 13.3. The Kier molecular flexibility index (Phi) is 8.09. The fourth-order valence-corrected chi connectivity index (χ4v) is 2.65. The van der Waals surface area contributed by atoms with Crippen LogP contribution in [0.5, 0.6) is 0 Å². The maximum atomic E-state index is 10.9. The molecule has 0 aromatic rings. The fourth-order valence-electron chi connectivity index (χ4n) is 2.65. The summed E-state index contributed by atoms with van der Waals surface area (Å²) in [5.41, 5.74) is 5.70. The van der Waals surface area contributed by atoms with E-state index < -0.39 is 12.2 Å². The normalized spacial score (nSPS) is 14.6. The Bertz CT molecular complexity index is 345. The number of hydrogen-bond donors (Lipinski definition) is 5. The Hall–Kier alpha value is -1.50. The van der Waals surface area contributed by atoms with Gasteiger partial charge in [0.25, 0.3) is 0 Å². The SMILES string of the molecule is CC(C)[C@@H](NC(=O)O)C(CN)CC(C)(C)CCNC(=O)O. The van der Waals surface area contributed by atoms with Crippen LogP contribution in [0.2, 0.25) is 0 Å². The van der Waals surface area contributed by atoms with Crippen molar-refractivity contribution in [2.24, 2.45) is 23.0 Å². The molecule has 0 aromatic heterocycles. The van der Waals surface area contributed by atoms with Crippen LogP contribution in [0, 0.1) is 17.3 Å². The Morgan fingerprint density at radius 3 is 2.14 bits per heavy atom. The molecule has 7 nitrogen and oxygen atoms in total. The van der Waals surface area contributed by atoms with Crippen LogP contribution in [-0.4, -0.2) is 41.5 Å². The first-order chi connectivity index (χ1) is 9.59. The van der Waals surface area contributed by atoms with Crippen LogP contribution in [0.25, 0.3) is 0 Å². The number of rotatable bonds is 9. The summed E-state index contributed by atoms with van der Waals surface area (Å²) in [4.78, 5) is 21.4. The third kappa shape index (κ3) is 8.39. The first-order valence-corrected chi connectivity index (χ1v) is 7.25. The van der Waals surface area contributed by atoms with Gasteiger partial charge in [-0.1, -0.05) is 27.7 Å². The van der Waals surface area contributed by atoms with Gasteiger partial charge in [-0.05, 0) is 36.6 Å². The lowest BCUT2D eigenvalue weighted by molar-refractivity contribution is 0.156. The molecular formula is C14H29N3O4. The van der Waals surface area contributed by atoms with Crippen LogP contribution in [0.4, 0.5) is 9.59 Å². The molecule has 2 amide bonds. The average molecular weight is 303 g/mol. The second-order valence-corrected chi connectivity index (χ2v) is 6.57. The minimum absolute atomic E-state index is 0.0147. The molecular weight excluding hydrogens is 274 g/mol. The quantitative estimate of drug-likeness (QED) is 0.445. The van der Waals surface area contributed by atoms with Crippen LogP contribution < -0.4 is 16.4 Å². The van der Waals surface area contributed by atoms with E-state index >= 15 is 0 Å². The largest absolute Gasteiger partial charge is 0.465 e. The van der Waals surface area contributed by atoms with E-state index in [1.54, 1.807) is 0 Å². The maximum Gasteiger partial charge on any atom is 0.404 e. The molecule has 7 heteroatoms. The highest BCUT2D eigenvalue weighted by Crippen LogP contribution is 2.31. The van der Waals surface area contributed by atoms with Crippen molar-refractivity contribution in [1.82, 2.24) is 10.6 Å². The van der Waals surface area contributed by atoms with E-state index in [0.29, 0.717) is 19.5 Å². The van der Waals surface area contributed by atoms with Gasteiger partial charge in [0.05, 0.1) is 0 Å². The van der Waals surface area contributed by atoms with E-state index in [9.17, 15) is 9.59 Å². The second kappa shape index (κ2) is 8.71. The van der Waals surface area contributed by atoms with Crippen LogP contribution in [-0.2, 0) is 0 Å². The average Bonchev–Trinajstić information content (AvgIpc) is 2.32. The first kappa shape index (κ1) is 19.5. The number of carbonyl (C=O) groups is 2. The number of amides is 2. The third-order valence-electron chi connectivity index (χ3n) is 3.71. The molecule has 0 saturated carbocycles. The molecule has 0 fully saturated rings. The summed E-state index contributed by atoms with van der Waals surface area (Å²) in [5, 5.41) is 22.4. The van der Waals surface area contributed by atoms with Gasteiger partial charge in [-0.15, -0.1) is 0 Å². The van der Waals surface area contributed by atoms with Crippen molar-refractivity contribution in [1.29, 1.82) is 0 Å². The van der Waals surface area contributed by atoms with E-state index in [-0.39, 0.29) is 23.3 Å². The predicted molar refractivity (Wildman–Crippen MR) is 81.4 cm³/mol. The summed E-state index contributed by atoms with van der Waals surface area (Å²) in [6.07, 6.45) is -0.673. The topological polar surface area (TPSA) is 125 Å². The molecule has 0 spiro atoms. The molecule has 6 N–H and O–H groups in total.